The van der Waals surface area contributed by atoms with Crippen LogP contribution in [0, 0.1) is 0 Å². The largest absolute Gasteiger partial charge is 0.337 e. The van der Waals surface area contributed by atoms with E-state index >= 15 is 0 Å². The molecule has 2 fully saturated rings. The number of hydrogen-bond donors (Lipinski definition) is 0. The van der Waals surface area contributed by atoms with Crippen molar-refractivity contribution in [1.29, 1.82) is 0 Å². The minimum Gasteiger partial charge on any atom is -0.337 e. The Balaban J connectivity index is 1.56. The van der Waals surface area contributed by atoms with Crippen molar-refractivity contribution in [2.75, 3.05) is 0 Å². The zero-order chi connectivity index (χ0) is 14.2. The Kier molecular flexibility index (Phi) is 2.98. The second-order valence-corrected chi connectivity index (χ2v) is 5.83. The van der Waals surface area contributed by atoms with Gasteiger partial charge in [0.05, 0.1) is 0 Å². The summed E-state index contributed by atoms with van der Waals surface area (Å²) in [6.07, 6.45) is 3.61. The topological polar surface area (TPSA) is 59.2 Å². The zero-order valence-electron chi connectivity index (χ0n) is 11.7. The summed E-state index contributed by atoms with van der Waals surface area (Å²) in [6, 6.07) is 9.95. The molecular weight excluding hydrogens is 266 g/mol. The van der Waals surface area contributed by atoms with Crippen molar-refractivity contribution in [3.8, 4) is 0 Å². The van der Waals surface area contributed by atoms with Gasteiger partial charge in [-0.25, -0.2) is 0 Å². The maximum atomic E-state index is 12.2. The van der Waals surface area contributed by atoms with Crippen LogP contribution in [0.15, 0.2) is 34.9 Å². The summed E-state index contributed by atoms with van der Waals surface area (Å²) in [7, 11) is 0. The molecule has 1 aromatic heterocycles. The molecule has 1 saturated carbocycles. The highest BCUT2D eigenvalue weighted by Crippen LogP contribution is 2.40. The summed E-state index contributed by atoms with van der Waals surface area (Å²) < 4.78 is 5.41. The lowest BCUT2D eigenvalue weighted by molar-refractivity contribution is -0.129. The lowest BCUT2D eigenvalue weighted by Gasteiger charge is -2.22. The van der Waals surface area contributed by atoms with Crippen molar-refractivity contribution in [2.45, 2.75) is 44.2 Å². The third-order valence-electron chi connectivity index (χ3n) is 4.21. The number of carbonyl (C=O) groups is 1. The summed E-state index contributed by atoms with van der Waals surface area (Å²) in [5.41, 5.74) is 1.12. The molecule has 0 spiro atoms. The van der Waals surface area contributed by atoms with E-state index in [4.69, 9.17) is 4.52 Å². The van der Waals surface area contributed by atoms with Crippen LogP contribution in [0.25, 0.3) is 0 Å². The number of nitrogens with zero attached hydrogens (tertiary/aromatic N) is 3. The van der Waals surface area contributed by atoms with Crippen molar-refractivity contribution in [3.63, 3.8) is 0 Å². The summed E-state index contributed by atoms with van der Waals surface area (Å²) >= 11 is 0. The lowest BCUT2D eigenvalue weighted by Crippen LogP contribution is -2.27. The van der Waals surface area contributed by atoms with E-state index in [1.165, 1.54) is 0 Å². The van der Waals surface area contributed by atoms with Crippen LogP contribution < -0.4 is 0 Å². The maximum Gasteiger partial charge on any atom is 0.249 e. The highest BCUT2D eigenvalue weighted by Gasteiger charge is 2.37. The number of amides is 1. The molecule has 1 aliphatic heterocycles. The van der Waals surface area contributed by atoms with Gasteiger partial charge in [0, 0.05) is 18.9 Å². The highest BCUT2D eigenvalue weighted by atomic mass is 16.5. The van der Waals surface area contributed by atoms with Crippen LogP contribution in [0.2, 0.25) is 0 Å². The highest BCUT2D eigenvalue weighted by molar-refractivity contribution is 5.78. The molecule has 0 radical (unpaired) electrons. The molecule has 1 aliphatic carbocycles. The molecule has 1 amide bonds. The van der Waals surface area contributed by atoms with E-state index in [2.05, 4.69) is 10.1 Å². The molecular formula is C16H17N3O2. The summed E-state index contributed by atoms with van der Waals surface area (Å²) in [4.78, 5) is 18.5. The summed E-state index contributed by atoms with van der Waals surface area (Å²) in [5, 5.41) is 4.07. The van der Waals surface area contributed by atoms with Gasteiger partial charge >= 0.3 is 0 Å². The third kappa shape index (κ3) is 2.44. The molecule has 0 bridgehead atoms. The molecule has 108 valence electrons. The van der Waals surface area contributed by atoms with Crippen molar-refractivity contribution >= 4 is 5.91 Å². The quantitative estimate of drug-likeness (QED) is 0.865. The van der Waals surface area contributed by atoms with E-state index in [-0.39, 0.29) is 11.9 Å². The predicted octanol–water partition coefficient (Wildman–Crippen LogP) is 2.81. The monoisotopic (exact) mass is 283 g/mol. The van der Waals surface area contributed by atoms with Crippen LogP contribution in [0.5, 0.6) is 0 Å². The molecule has 1 saturated heterocycles. The predicted molar refractivity (Wildman–Crippen MR) is 75.2 cm³/mol. The second kappa shape index (κ2) is 4.98. The van der Waals surface area contributed by atoms with E-state index in [0.717, 1.165) is 30.7 Å². The number of benzene rings is 1. The number of hydrogen-bond acceptors (Lipinski definition) is 4. The molecule has 1 aromatic carbocycles. The Morgan fingerprint density at radius 1 is 1.19 bits per heavy atom. The Labute approximate surface area is 123 Å². The smallest absolute Gasteiger partial charge is 0.249 e. The molecule has 2 aliphatic rings. The van der Waals surface area contributed by atoms with Gasteiger partial charge in [-0.3, -0.25) is 4.79 Å². The van der Waals surface area contributed by atoms with E-state index in [0.29, 0.717) is 24.8 Å². The van der Waals surface area contributed by atoms with Crippen LogP contribution in [0.3, 0.4) is 0 Å². The number of likely N-dealkylation sites (tertiary alicyclic amines) is 1. The fourth-order valence-corrected chi connectivity index (χ4v) is 2.86. The fraction of sp³-hybridized carbons (Fsp3) is 0.438. The first-order valence-corrected chi connectivity index (χ1v) is 7.48. The van der Waals surface area contributed by atoms with Crippen LogP contribution in [0.1, 0.15) is 54.9 Å². The molecule has 21 heavy (non-hydrogen) atoms. The first kappa shape index (κ1) is 12.6. The van der Waals surface area contributed by atoms with Gasteiger partial charge in [-0.2, -0.15) is 4.98 Å². The molecule has 1 atom stereocenters. The van der Waals surface area contributed by atoms with Gasteiger partial charge in [0.2, 0.25) is 11.8 Å². The van der Waals surface area contributed by atoms with E-state index < -0.39 is 0 Å². The Bertz CT molecular complexity index is 649. The zero-order valence-corrected chi connectivity index (χ0v) is 11.7. The Hall–Kier alpha value is -2.17. The van der Waals surface area contributed by atoms with Crippen molar-refractivity contribution in [3.05, 3.63) is 47.6 Å². The molecule has 2 heterocycles. The lowest BCUT2D eigenvalue weighted by atomic mass is 10.2. The number of carbonyl (C=O) groups excluding carboxylic acids is 1. The van der Waals surface area contributed by atoms with Gasteiger partial charge in [0.25, 0.3) is 0 Å². The van der Waals surface area contributed by atoms with Crippen molar-refractivity contribution < 1.29 is 9.32 Å². The molecule has 1 unspecified atom stereocenters. The summed E-state index contributed by atoms with van der Waals surface area (Å²) in [6.45, 7) is 0.603. The molecule has 2 aromatic rings. The van der Waals surface area contributed by atoms with E-state index in [9.17, 15) is 4.79 Å². The van der Waals surface area contributed by atoms with Crippen molar-refractivity contribution in [1.82, 2.24) is 15.0 Å². The van der Waals surface area contributed by atoms with E-state index in [1.54, 1.807) is 0 Å². The van der Waals surface area contributed by atoms with Gasteiger partial charge in [-0.15, -0.1) is 0 Å². The minimum atomic E-state index is -0.0716. The SMILES string of the molecule is O=C1CCC(c2nc(C3CC3)no2)N1Cc1ccccc1. The first-order valence-electron chi connectivity index (χ1n) is 7.48. The van der Waals surface area contributed by atoms with Crippen LogP contribution in [-0.4, -0.2) is 20.9 Å². The van der Waals surface area contributed by atoms with Gasteiger partial charge in [0.1, 0.15) is 6.04 Å². The minimum absolute atomic E-state index is 0.0716. The van der Waals surface area contributed by atoms with Crippen molar-refractivity contribution in [2.24, 2.45) is 0 Å². The van der Waals surface area contributed by atoms with Gasteiger partial charge < -0.3 is 9.42 Å². The van der Waals surface area contributed by atoms with Crippen LogP contribution in [0.4, 0.5) is 0 Å². The number of aromatic nitrogens is 2. The Morgan fingerprint density at radius 3 is 2.76 bits per heavy atom. The molecule has 5 nitrogen and oxygen atoms in total. The average molecular weight is 283 g/mol. The average Bonchev–Trinajstić information content (AvgIpc) is 3.14. The van der Waals surface area contributed by atoms with Crippen LogP contribution >= 0.6 is 0 Å². The van der Waals surface area contributed by atoms with Crippen LogP contribution in [-0.2, 0) is 11.3 Å². The molecule has 0 N–H and O–H groups in total. The Morgan fingerprint density at radius 2 is 2.00 bits per heavy atom. The van der Waals surface area contributed by atoms with Gasteiger partial charge in [-0.05, 0) is 24.8 Å². The fourth-order valence-electron chi connectivity index (χ4n) is 2.86. The number of rotatable bonds is 4. The van der Waals surface area contributed by atoms with E-state index in [1.807, 2.05) is 35.2 Å². The second-order valence-electron chi connectivity index (χ2n) is 5.83. The summed E-state index contributed by atoms with van der Waals surface area (Å²) in [5.74, 6) is 2.04. The molecule has 4 rings (SSSR count). The standard InChI is InChI=1S/C16H17N3O2/c20-14-9-8-13(16-17-15(18-21-16)12-6-7-12)19(14)10-11-4-2-1-3-5-11/h1-5,12-13H,6-10H2. The van der Waals surface area contributed by atoms with Gasteiger partial charge in [-0.1, -0.05) is 35.5 Å². The van der Waals surface area contributed by atoms with Gasteiger partial charge in [0.15, 0.2) is 5.82 Å². The molecule has 5 heteroatoms. The maximum absolute atomic E-state index is 12.2. The first-order chi connectivity index (χ1) is 10.3. The normalized spacial score (nSPS) is 22.0. The third-order valence-corrected chi connectivity index (χ3v) is 4.21.